The van der Waals surface area contributed by atoms with E-state index in [0.717, 1.165) is 32.6 Å². The molecule has 0 aliphatic carbocycles. The van der Waals surface area contributed by atoms with Crippen molar-refractivity contribution in [1.82, 2.24) is 9.80 Å². The van der Waals surface area contributed by atoms with Crippen LogP contribution in [0.25, 0.3) is 0 Å². The second-order valence-electron chi connectivity index (χ2n) is 5.44. The lowest BCUT2D eigenvalue weighted by molar-refractivity contribution is 0.0260. The average molecular weight is 246 g/mol. The molecule has 5 heteroatoms. The molecule has 0 radical (unpaired) electrons. The maximum absolute atomic E-state index is 11.4. The van der Waals surface area contributed by atoms with E-state index >= 15 is 0 Å². The van der Waals surface area contributed by atoms with Crippen molar-refractivity contribution in [3.63, 3.8) is 0 Å². The smallest absolute Gasteiger partial charge is 0.151 e. The Bertz CT molecular complexity index is 347. The lowest BCUT2D eigenvalue weighted by atomic mass is 10.1. The molecule has 0 saturated carbocycles. The van der Waals surface area contributed by atoms with Crippen LogP contribution in [0.3, 0.4) is 0 Å². The molecule has 0 N–H and O–H groups in total. The van der Waals surface area contributed by atoms with Crippen LogP contribution in [0.5, 0.6) is 0 Å². The van der Waals surface area contributed by atoms with Crippen LogP contribution in [0.1, 0.15) is 20.3 Å². The van der Waals surface area contributed by atoms with Crippen LogP contribution in [0, 0.1) is 0 Å². The van der Waals surface area contributed by atoms with Gasteiger partial charge in [0.05, 0.1) is 5.25 Å². The average Bonchev–Trinajstić information content (AvgIpc) is 2.47. The highest BCUT2D eigenvalue weighted by molar-refractivity contribution is 7.91. The van der Waals surface area contributed by atoms with Crippen molar-refractivity contribution in [2.75, 3.05) is 32.4 Å². The molecule has 0 spiro atoms. The van der Waals surface area contributed by atoms with Crippen molar-refractivity contribution in [3.8, 4) is 0 Å². The van der Waals surface area contributed by atoms with Crippen LogP contribution in [0.4, 0.5) is 0 Å². The molecule has 2 saturated heterocycles. The van der Waals surface area contributed by atoms with E-state index < -0.39 is 9.84 Å². The molecule has 0 unspecified atom stereocenters. The van der Waals surface area contributed by atoms with E-state index in [-0.39, 0.29) is 5.25 Å². The van der Waals surface area contributed by atoms with E-state index in [4.69, 9.17) is 0 Å². The zero-order valence-electron chi connectivity index (χ0n) is 10.4. The van der Waals surface area contributed by atoms with Gasteiger partial charge in [-0.3, -0.25) is 9.80 Å². The highest BCUT2D eigenvalue weighted by atomic mass is 32.2. The first-order valence-electron chi connectivity index (χ1n) is 6.05. The first-order valence-corrected chi connectivity index (χ1v) is 8.00. The van der Waals surface area contributed by atoms with Gasteiger partial charge in [-0.15, -0.1) is 0 Å². The zero-order chi connectivity index (χ0) is 11.9. The zero-order valence-corrected chi connectivity index (χ0v) is 11.2. The molecule has 0 aromatic rings. The van der Waals surface area contributed by atoms with E-state index in [0.29, 0.717) is 12.1 Å². The number of nitrogens with zero attached hydrogens (tertiary/aromatic N) is 2. The molecule has 2 aliphatic rings. The molecule has 0 aromatic heterocycles. The lowest BCUT2D eigenvalue weighted by Gasteiger charge is -2.46. The molecular weight excluding hydrogens is 224 g/mol. The first kappa shape index (κ1) is 12.3. The molecule has 2 rings (SSSR count). The Labute approximate surface area is 98.5 Å². The summed E-state index contributed by atoms with van der Waals surface area (Å²) in [5.74, 6) is 0. The maximum atomic E-state index is 11.4. The van der Waals surface area contributed by atoms with Gasteiger partial charge < -0.3 is 0 Å². The molecule has 0 amide bonds. The van der Waals surface area contributed by atoms with Gasteiger partial charge in [0.1, 0.15) is 0 Å². The molecule has 2 heterocycles. The minimum absolute atomic E-state index is 0.124. The number of hydrogen-bond acceptors (Lipinski definition) is 4. The SMILES string of the molecule is CC(C)N1CC(N2CC[C@H](S(C)(=O)=O)C2)C1. The van der Waals surface area contributed by atoms with Gasteiger partial charge in [0.25, 0.3) is 0 Å². The Kier molecular flexibility index (Phi) is 3.29. The van der Waals surface area contributed by atoms with Gasteiger partial charge in [0.15, 0.2) is 9.84 Å². The van der Waals surface area contributed by atoms with Crippen molar-refractivity contribution in [3.05, 3.63) is 0 Å². The Morgan fingerprint density at radius 2 is 1.81 bits per heavy atom. The van der Waals surface area contributed by atoms with Gasteiger partial charge in [-0.25, -0.2) is 8.42 Å². The van der Waals surface area contributed by atoms with Crippen LogP contribution in [0.2, 0.25) is 0 Å². The highest BCUT2D eigenvalue weighted by Crippen LogP contribution is 2.24. The summed E-state index contributed by atoms with van der Waals surface area (Å²) in [5.41, 5.74) is 0. The number of sulfone groups is 1. The Morgan fingerprint density at radius 1 is 1.19 bits per heavy atom. The quantitative estimate of drug-likeness (QED) is 0.713. The molecular formula is C11H22N2O2S. The minimum Gasteiger partial charge on any atom is -0.298 e. The fourth-order valence-corrected chi connectivity index (χ4v) is 3.57. The lowest BCUT2D eigenvalue weighted by Crippen LogP contribution is -2.60. The van der Waals surface area contributed by atoms with Gasteiger partial charge in [-0.05, 0) is 26.8 Å². The summed E-state index contributed by atoms with van der Waals surface area (Å²) in [7, 11) is -2.84. The fraction of sp³-hybridized carbons (Fsp3) is 1.00. The monoisotopic (exact) mass is 246 g/mol. The van der Waals surface area contributed by atoms with Crippen LogP contribution in [-0.2, 0) is 9.84 Å². The third-order valence-corrected chi connectivity index (χ3v) is 5.51. The van der Waals surface area contributed by atoms with E-state index in [2.05, 4.69) is 23.6 Å². The van der Waals surface area contributed by atoms with Gasteiger partial charge >= 0.3 is 0 Å². The molecule has 94 valence electrons. The minimum atomic E-state index is -2.84. The van der Waals surface area contributed by atoms with Crippen molar-refractivity contribution in [1.29, 1.82) is 0 Å². The Balaban J connectivity index is 1.83. The summed E-state index contributed by atoms with van der Waals surface area (Å²) in [6.07, 6.45) is 2.18. The van der Waals surface area contributed by atoms with Crippen molar-refractivity contribution in [2.24, 2.45) is 0 Å². The van der Waals surface area contributed by atoms with E-state index in [1.54, 1.807) is 0 Å². The molecule has 2 fully saturated rings. The van der Waals surface area contributed by atoms with E-state index in [9.17, 15) is 8.42 Å². The second-order valence-corrected chi connectivity index (χ2v) is 7.76. The predicted octanol–water partition coefficient (Wildman–Crippen LogP) is 0.198. The van der Waals surface area contributed by atoms with Crippen molar-refractivity contribution >= 4 is 9.84 Å². The van der Waals surface area contributed by atoms with Gasteiger partial charge in [-0.1, -0.05) is 0 Å². The molecule has 2 aliphatic heterocycles. The van der Waals surface area contributed by atoms with Crippen LogP contribution in [-0.4, -0.2) is 68.0 Å². The highest BCUT2D eigenvalue weighted by Gasteiger charge is 2.39. The molecule has 16 heavy (non-hydrogen) atoms. The second kappa shape index (κ2) is 4.27. The van der Waals surface area contributed by atoms with Crippen LogP contribution in [0.15, 0.2) is 0 Å². The van der Waals surface area contributed by atoms with Gasteiger partial charge in [0.2, 0.25) is 0 Å². The van der Waals surface area contributed by atoms with Crippen LogP contribution >= 0.6 is 0 Å². The Hall–Kier alpha value is -0.130. The molecule has 4 nitrogen and oxygen atoms in total. The van der Waals surface area contributed by atoms with E-state index in [1.807, 2.05) is 0 Å². The molecule has 0 bridgehead atoms. The summed E-state index contributed by atoms with van der Waals surface area (Å²) in [4.78, 5) is 4.78. The van der Waals surface area contributed by atoms with E-state index in [1.165, 1.54) is 6.26 Å². The summed E-state index contributed by atoms with van der Waals surface area (Å²) in [5, 5.41) is -0.124. The predicted molar refractivity (Wildman–Crippen MR) is 65.3 cm³/mol. The Morgan fingerprint density at radius 3 is 2.25 bits per heavy atom. The van der Waals surface area contributed by atoms with Crippen LogP contribution < -0.4 is 0 Å². The van der Waals surface area contributed by atoms with Gasteiger partial charge in [-0.2, -0.15) is 0 Å². The van der Waals surface area contributed by atoms with Crippen molar-refractivity contribution in [2.45, 2.75) is 37.6 Å². The number of hydrogen-bond donors (Lipinski definition) is 0. The molecule has 1 atom stereocenters. The molecule has 0 aromatic carbocycles. The number of rotatable bonds is 3. The third-order valence-electron chi connectivity index (χ3n) is 3.92. The fourth-order valence-electron chi connectivity index (χ4n) is 2.58. The topological polar surface area (TPSA) is 40.6 Å². The maximum Gasteiger partial charge on any atom is 0.151 e. The third kappa shape index (κ3) is 2.41. The normalized spacial score (nSPS) is 29.9. The first-order chi connectivity index (χ1) is 7.38. The summed E-state index contributed by atoms with van der Waals surface area (Å²) < 4.78 is 22.9. The van der Waals surface area contributed by atoms with Gasteiger partial charge in [0, 0.05) is 38.0 Å². The summed E-state index contributed by atoms with van der Waals surface area (Å²) >= 11 is 0. The summed E-state index contributed by atoms with van der Waals surface area (Å²) in [6, 6.07) is 1.21. The van der Waals surface area contributed by atoms with Crippen molar-refractivity contribution < 1.29 is 8.42 Å². The standard InChI is InChI=1S/C11H22N2O2S/c1-9(2)13-6-10(7-13)12-5-4-11(8-12)16(3,14)15/h9-11H,4-8H2,1-3H3/t11-/m0/s1. The number of likely N-dealkylation sites (tertiary alicyclic amines) is 2. The largest absolute Gasteiger partial charge is 0.298 e. The summed E-state index contributed by atoms with van der Waals surface area (Å²) in [6.45, 7) is 8.32.